The molecule has 0 saturated carbocycles. The number of nitrogens with zero attached hydrogens (tertiary/aromatic N) is 1. The normalized spacial score (nSPS) is 13.3. The van der Waals surface area contributed by atoms with Gasteiger partial charge in [-0.05, 0) is 19.8 Å². The Kier molecular flexibility index (Phi) is 2.65. The first kappa shape index (κ1) is 8.92. The van der Waals surface area contributed by atoms with E-state index in [9.17, 15) is 0 Å². The minimum absolute atomic E-state index is 0.111. The second-order valence-corrected chi connectivity index (χ2v) is 3.42. The zero-order valence-corrected chi connectivity index (χ0v) is 7.10. The summed E-state index contributed by atoms with van der Waals surface area (Å²) >= 11 is 0. The molecule has 0 aliphatic carbocycles. The smallest absolute Gasteiger partial charge is 0.0315 e. The third kappa shape index (κ3) is 1.95. The maximum atomic E-state index is 5.60. The first-order valence-electron chi connectivity index (χ1n) is 3.37. The number of hydrogen-bond acceptors (Lipinski definition) is 2. The second kappa shape index (κ2) is 2.67. The number of rotatable bonds is 2. The van der Waals surface area contributed by atoms with E-state index in [1.807, 2.05) is 7.05 Å². The molecule has 2 nitrogen and oxygen atoms in total. The molecule has 2 heteroatoms. The molecule has 0 aliphatic rings. The Morgan fingerprint density at radius 3 is 1.67 bits per heavy atom. The maximum absolute atomic E-state index is 5.60. The third-order valence-corrected chi connectivity index (χ3v) is 2.32. The van der Waals surface area contributed by atoms with E-state index in [1.165, 1.54) is 0 Å². The Bertz CT molecular complexity index is 74.9. The van der Waals surface area contributed by atoms with E-state index >= 15 is 0 Å². The van der Waals surface area contributed by atoms with Crippen LogP contribution in [-0.4, -0.2) is 17.6 Å². The van der Waals surface area contributed by atoms with Crippen molar-refractivity contribution in [1.29, 1.82) is 0 Å². The van der Waals surface area contributed by atoms with Gasteiger partial charge < -0.3 is 0 Å². The van der Waals surface area contributed by atoms with Crippen LogP contribution < -0.4 is 5.84 Å². The van der Waals surface area contributed by atoms with Crippen LogP contribution in [0.1, 0.15) is 27.7 Å². The summed E-state index contributed by atoms with van der Waals surface area (Å²) in [4.78, 5) is 0. The second-order valence-electron chi connectivity index (χ2n) is 3.42. The van der Waals surface area contributed by atoms with Gasteiger partial charge in [0.1, 0.15) is 0 Å². The van der Waals surface area contributed by atoms with Crippen LogP contribution in [-0.2, 0) is 0 Å². The molecule has 2 N–H and O–H groups in total. The van der Waals surface area contributed by atoms with Gasteiger partial charge in [-0.3, -0.25) is 5.84 Å². The molecule has 0 aromatic carbocycles. The average molecular weight is 130 g/mol. The Labute approximate surface area is 58.0 Å². The van der Waals surface area contributed by atoms with Gasteiger partial charge in [-0.15, -0.1) is 0 Å². The van der Waals surface area contributed by atoms with Gasteiger partial charge in [0.2, 0.25) is 0 Å². The lowest BCUT2D eigenvalue weighted by atomic mass is 9.90. The summed E-state index contributed by atoms with van der Waals surface area (Å²) in [5.74, 6) is 6.19. The van der Waals surface area contributed by atoms with E-state index in [-0.39, 0.29) is 5.54 Å². The van der Waals surface area contributed by atoms with Crippen molar-refractivity contribution in [2.45, 2.75) is 33.2 Å². The molecule has 0 amide bonds. The predicted octanol–water partition coefficient (Wildman–Crippen LogP) is 1.23. The van der Waals surface area contributed by atoms with Crippen LogP contribution in [0.25, 0.3) is 0 Å². The quantitative estimate of drug-likeness (QED) is 0.450. The summed E-state index contributed by atoms with van der Waals surface area (Å²) in [6, 6.07) is 0. The van der Waals surface area contributed by atoms with E-state index in [4.69, 9.17) is 5.84 Å². The van der Waals surface area contributed by atoms with Crippen molar-refractivity contribution in [2.75, 3.05) is 7.05 Å². The van der Waals surface area contributed by atoms with Gasteiger partial charge in [0.05, 0.1) is 0 Å². The van der Waals surface area contributed by atoms with Gasteiger partial charge in [0, 0.05) is 12.6 Å². The number of nitrogens with two attached hydrogens (primary N) is 1. The van der Waals surface area contributed by atoms with E-state index in [0.29, 0.717) is 5.92 Å². The highest BCUT2D eigenvalue weighted by molar-refractivity contribution is 4.78. The third-order valence-electron chi connectivity index (χ3n) is 2.32. The Morgan fingerprint density at radius 2 is 1.67 bits per heavy atom. The summed E-state index contributed by atoms with van der Waals surface area (Å²) in [5.41, 5.74) is 0.111. The number of hydrogen-bond donors (Lipinski definition) is 1. The van der Waals surface area contributed by atoms with E-state index in [1.54, 1.807) is 5.01 Å². The fourth-order valence-corrected chi connectivity index (χ4v) is 0.407. The Balaban J connectivity index is 4.01. The summed E-state index contributed by atoms with van der Waals surface area (Å²) in [6.45, 7) is 8.61. The highest BCUT2D eigenvalue weighted by Gasteiger charge is 2.24. The molecule has 0 fully saturated rings. The SMILES string of the molecule is CC(C)C(C)(C)N(C)N. The van der Waals surface area contributed by atoms with Gasteiger partial charge in [0.25, 0.3) is 0 Å². The predicted molar refractivity (Wildman–Crippen MR) is 40.9 cm³/mol. The van der Waals surface area contributed by atoms with Crippen LogP contribution in [0.2, 0.25) is 0 Å². The van der Waals surface area contributed by atoms with Crippen LogP contribution in [0.5, 0.6) is 0 Å². The molecule has 0 bridgehead atoms. The standard InChI is InChI=1S/C7H18N2/c1-6(2)7(3,4)9(5)8/h6H,8H2,1-5H3. The topological polar surface area (TPSA) is 29.3 Å². The molecule has 0 heterocycles. The van der Waals surface area contributed by atoms with Gasteiger partial charge >= 0.3 is 0 Å². The zero-order valence-electron chi connectivity index (χ0n) is 7.10. The van der Waals surface area contributed by atoms with Crippen LogP contribution in [0.4, 0.5) is 0 Å². The van der Waals surface area contributed by atoms with E-state index in [0.717, 1.165) is 0 Å². The fraction of sp³-hybridized carbons (Fsp3) is 1.00. The molecule has 9 heavy (non-hydrogen) atoms. The lowest BCUT2D eigenvalue weighted by Crippen LogP contribution is -2.49. The lowest BCUT2D eigenvalue weighted by molar-refractivity contribution is 0.107. The minimum atomic E-state index is 0.111. The van der Waals surface area contributed by atoms with Crippen molar-refractivity contribution < 1.29 is 0 Å². The first-order chi connectivity index (χ1) is 3.89. The summed E-state index contributed by atoms with van der Waals surface area (Å²) < 4.78 is 0. The van der Waals surface area contributed by atoms with Crippen LogP contribution in [0, 0.1) is 5.92 Å². The molecule has 0 atom stereocenters. The minimum Gasteiger partial charge on any atom is -0.269 e. The van der Waals surface area contributed by atoms with Gasteiger partial charge in [-0.25, -0.2) is 5.01 Å². The van der Waals surface area contributed by atoms with Crippen molar-refractivity contribution in [1.82, 2.24) is 5.01 Å². The van der Waals surface area contributed by atoms with Crippen molar-refractivity contribution in [3.8, 4) is 0 Å². The molecule has 0 aliphatic heterocycles. The highest BCUT2D eigenvalue weighted by atomic mass is 15.4. The summed E-state index contributed by atoms with van der Waals surface area (Å²) in [7, 11) is 1.90. The van der Waals surface area contributed by atoms with Crippen molar-refractivity contribution >= 4 is 0 Å². The Morgan fingerprint density at radius 1 is 1.33 bits per heavy atom. The molecular formula is C7H18N2. The molecule has 0 saturated heterocycles. The molecular weight excluding hydrogens is 112 g/mol. The summed E-state index contributed by atoms with van der Waals surface area (Å²) in [6.07, 6.45) is 0. The molecule has 0 spiro atoms. The van der Waals surface area contributed by atoms with Gasteiger partial charge in [-0.1, -0.05) is 13.8 Å². The molecule has 0 radical (unpaired) electrons. The lowest BCUT2D eigenvalue weighted by Gasteiger charge is -2.35. The monoisotopic (exact) mass is 130 g/mol. The van der Waals surface area contributed by atoms with Crippen molar-refractivity contribution in [3.05, 3.63) is 0 Å². The van der Waals surface area contributed by atoms with Crippen molar-refractivity contribution in [2.24, 2.45) is 11.8 Å². The van der Waals surface area contributed by atoms with Gasteiger partial charge in [0.15, 0.2) is 0 Å². The van der Waals surface area contributed by atoms with Crippen LogP contribution in [0.15, 0.2) is 0 Å². The molecule has 0 rings (SSSR count). The molecule has 0 unspecified atom stereocenters. The Hall–Kier alpha value is -0.0800. The maximum Gasteiger partial charge on any atom is 0.0315 e. The zero-order chi connectivity index (χ0) is 7.65. The van der Waals surface area contributed by atoms with E-state index in [2.05, 4.69) is 27.7 Å². The largest absolute Gasteiger partial charge is 0.269 e. The van der Waals surface area contributed by atoms with Crippen molar-refractivity contribution in [3.63, 3.8) is 0 Å². The first-order valence-corrected chi connectivity index (χ1v) is 3.37. The molecule has 0 aromatic heterocycles. The molecule has 56 valence electrons. The van der Waals surface area contributed by atoms with Gasteiger partial charge in [-0.2, -0.15) is 0 Å². The van der Waals surface area contributed by atoms with E-state index < -0.39 is 0 Å². The number of hydrazine groups is 1. The highest BCUT2D eigenvalue weighted by Crippen LogP contribution is 2.18. The summed E-state index contributed by atoms with van der Waals surface area (Å²) in [5, 5.41) is 1.76. The molecule has 0 aromatic rings. The van der Waals surface area contributed by atoms with Crippen LogP contribution in [0.3, 0.4) is 0 Å². The average Bonchev–Trinajstić information content (AvgIpc) is 1.65. The van der Waals surface area contributed by atoms with Crippen LogP contribution >= 0.6 is 0 Å². The fourth-order valence-electron chi connectivity index (χ4n) is 0.407.